The van der Waals surface area contributed by atoms with E-state index in [1.165, 1.54) is 11.3 Å². The van der Waals surface area contributed by atoms with Gasteiger partial charge in [-0.15, -0.1) is 11.3 Å². The summed E-state index contributed by atoms with van der Waals surface area (Å²) in [5.41, 5.74) is 0. The third-order valence-electron chi connectivity index (χ3n) is 2.16. The molecule has 14 heavy (non-hydrogen) atoms. The molecule has 0 aliphatic carbocycles. The summed E-state index contributed by atoms with van der Waals surface area (Å²) in [7, 11) is 0. The minimum Gasteiger partial charge on any atom is -0.480 e. The van der Waals surface area contributed by atoms with Gasteiger partial charge in [0.15, 0.2) is 5.13 Å². The van der Waals surface area contributed by atoms with Crippen LogP contribution in [0.4, 0.5) is 5.13 Å². The van der Waals surface area contributed by atoms with Crippen LogP contribution in [0.5, 0.6) is 0 Å². The van der Waals surface area contributed by atoms with Gasteiger partial charge in [-0.25, -0.2) is 4.98 Å². The van der Waals surface area contributed by atoms with Crippen molar-refractivity contribution < 1.29 is 9.90 Å². The van der Waals surface area contributed by atoms with E-state index in [2.05, 4.69) is 10.3 Å². The summed E-state index contributed by atoms with van der Waals surface area (Å²) >= 11 is 1.54. The number of rotatable bonds is 2. The number of hydrogen-bond donors (Lipinski definition) is 2. The van der Waals surface area contributed by atoms with Crippen molar-refractivity contribution in [2.45, 2.75) is 6.04 Å². The van der Waals surface area contributed by atoms with Crippen molar-refractivity contribution in [1.82, 2.24) is 10.3 Å². The first-order valence-corrected chi connectivity index (χ1v) is 5.26. The monoisotopic (exact) mass is 213 g/mol. The molecule has 0 aromatic carbocycles. The van der Waals surface area contributed by atoms with Gasteiger partial charge in [-0.2, -0.15) is 0 Å². The molecule has 0 saturated carbocycles. The predicted molar refractivity (Wildman–Crippen MR) is 53.8 cm³/mol. The number of carboxylic acids is 1. The number of anilines is 1. The zero-order valence-corrected chi connectivity index (χ0v) is 8.33. The van der Waals surface area contributed by atoms with Crippen LogP contribution in [0.1, 0.15) is 0 Å². The molecule has 1 aliphatic heterocycles. The molecule has 0 spiro atoms. The quantitative estimate of drug-likeness (QED) is 0.724. The fourth-order valence-corrected chi connectivity index (χ4v) is 2.14. The summed E-state index contributed by atoms with van der Waals surface area (Å²) in [5, 5.41) is 14.6. The van der Waals surface area contributed by atoms with E-state index >= 15 is 0 Å². The predicted octanol–water partition coefficient (Wildman–Crippen LogP) is 0.00590. The van der Waals surface area contributed by atoms with E-state index in [1.54, 1.807) is 6.20 Å². The number of hydrogen-bond acceptors (Lipinski definition) is 5. The summed E-state index contributed by atoms with van der Waals surface area (Å²) in [6.07, 6.45) is 1.73. The second kappa shape index (κ2) is 3.93. The zero-order valence-electron chi connectivity index (χ0n) is 7.51. The number of aromatic nitrogens is 1. The first-order valence-electron chi connectivity index (χ1n) is 4.38. The van der Waals surface area contributed by atoms with Crippen LogP contribution in [0.15, 0.2) is 11.6 Å². The molecule has 6 heteroatoms. The van der Waals surface area contributed by atoms with Crippen LogP contribution in [0.3, 0.4) is 0 Å². The SMILES string of the molecule is O=C(O)[C@H]1CN(c2nccs2)CCN1. The van der Waals surface area contributed by atoms with Gasteiger partial charge in [-0.1, -0.05) is 0 Å². The Kier molecular flexibility index (Phi) is 2.64. The van der Waals surface area contributed by atoms with Crippen LogP contribution >= 0.6 is 11.3 Å². The first kappa shape index (κ1) is 9.42. The van der Waals surface area contributed by atoms with Crippen molar-refractivity contribution in [3.63, 3.8) is 0 Å². The van der Waals surface area contributed by atoms with E-state index in [-0.39, 0.29) is 0 Å². The number of aliphatic carboxylic acids is 1. The van der Waals surface area contributed by atoms with Gasteiger partial charge in [0.2, 0.25) is 0 Å². The molecule has 0 amide bonds. The Balaban J connectivity index is 2.04. The molecule has 1 aromatic heterocycles. The van der Waals surface area contributed by atoms with E-state index in [4.69, 9.17) is 5.11 Å². The van der Waals surface area contributed by atoms with Crippen molar-refractivity contribution in [1.29, 1.82) is 0 Å². The summed E-state index contributed by atoms with van der Waals surface area (Å²) < 4.78 is 0. The molecular formula is C8H11N3O2S. The normalized spacial score (nSPS) is 22.3. The molecule has 1 atom stereocenters. The molecule has 2 N–H and O–H groups in total. The molecule has 2 heterocycles. The van der Waals surface area contributed by atoms with Crippen molar-refractivity contribution in [2.24, 2.45) is 0 Å². The van der Waals surface area contributed by atoms with Gasteiger partial charge in [-0.3, -0.25) is 4.79 Å². The van der Waals surface area contributed by atoms with Gasteiger partial charge in [0.05, 0.1) is 0 Å². The Morgan fingerprint density at radius 2 is 2.64 bits per heavy atom. The smallest absolute Gasteiger partial charge is 0.322 e. The van der Waals surface area contributed by atoms with Crippen LogP contribution in [-0.4, -0.2) is 41.7 Å². The molecule has 5 nitrogen and oxygen atoms in total. The maximum Gasteiger partial charge on any atom is 0.322 e. The second-order valence-corrected chi connectivity index (χ2v) is 3.98. The van der Waals surface area contributed by atoms with Crippen LogP contribution in [0, 0.1) is 0 Å². The summed E-state index contributed by atoms with van der Waals surface area (Å²) in [5.74, 6) is -0.800. The fourth-order valence-electron chi connectivity index (χ4n) is 1.46. The highest BCUT2D eigenvalue weighted by molar-refractivity contribution is 7.13. The van der Waals surface area contributed by atoms with Crippen LogP contribution < -0.4 is 10.2 Å². The number of nitrogens with one attached hydrogen (secondary N) is 1. The summed E-state index contributed by atoms with van der Waals surface area (Å²) in [6, 6.07) is -0.479. The van der Waals surface area contributed by atoms with E-state index in [0.29, 0.717) is 13.1 Å². The van der Waals surface area contributed by atoms with Crippen molar-refractivity contribution in [3.8, 4) is 0 Å². The molecule has 76 valence electrons. The van der Waals surface area contributed by atoms with Gasteiger partial charge in [0.25, 0.3) is 0 Å². The Bertz CT molecular complexity index is 314. The third-order valence-corrected chi connectivity index (χ3v) is 3.00. The number of carboxylic acid groups (broad SMARTS) is 1. The van der Waals surface area contributed by atoms with Gasteiger partial charge < -0.3 is 15.3 Å². The highest BCUT2D eigenvalue weighted by Gasteiger charge is 2.25. The van der Waals surface area contributed by atoms with Crippen LogP contribution in [-0.2, 0) is 4.79 Å². The molecule has 2 rings (SSSR count). The topological polar surface area (TPSA) is 65.5 Å². The number of carbonyl (C=O) groups is 1. The van der Waals surface area contributed by atoms with E-state index < -0.39 is 12.0 Å². The first-order chi connectivity index (χ1) is 6.77. The Labute approximate surface area is 85.4 Å². The Hall–Kier alpha value is -1.14. The minimum atomic E-state index is -0.800. The fraction of sp³-hybridized carbons (Fsp3) is 0.500. The summed E-state index contributed by atoms with van der Waals surface area (Å²) in [4.78, 5) is 16.9. The van der Waals surface area contributed by atoms with E-state index in [1.807, 2.05) is 10.3 Å². The molecular weight excluding hydrogens is 202 g/mol. The molecule has 1 aromatic rings. The van der Waals surface area contributed by atoms with Crippen molar-refractivity contribution in [3.05, 3.63) is 11.6 Å². The average molecular weight is 213 g/mol. The van der Waals surface area contributed by atoms with E-state index in [9.17, 15) is 4.79 Å². The largest absolute Gasteiger partial charge is 0.480 e. The van der Waals surface area contributed by atoms with Gasteiger partial charge >= 0.3 is 5.97 Å². The van der Waals surface area contributed by atoms with Crippen LogP contribution in [0.25, 0.3) is 0 Å². The van der Waals surface area contributed by atoms with Crippen LogP contribution in [0.2, 0.25) is 0 Å². The molecule has 0 bridgehead atoms. The molecule has 1 saturated heterocycles. The molecule has 0 unspecified atom stereocenters. The lowest BCUT2D eigenvalue weighted by Gasteiger charge is -2.31. The lowest BCUT2D eigenvalue weighted by Crippen LogP contribution is -2.54. The highest BCUT2D eigenvalue weighted by atomic mass is 32.1. The van der Waals surface area contributed by atoms with Gasteiger partial charge in [-0.05, 0) is 0 Å². The van der Waals surface area contributed by atoms with Crippen molar-refractivity contribution in [2.75, 3.05) is 24.5 Å². The lowest BCUT2D eigenvalue weighted by atomic mass is 10.2. The highest BCUT2D eigenvalue weighted by Crippen LogP contribution is 2.18. The number of piperazine rings is 1. The standard InChI is InChI=1S/C8H11N3O2S/c12-7(13)6-5-11(3-1-9-6)8-10-2-4-14-8/h2,4,6,9H,1,3,5H2,(H,12,13)/t6-/m1/s1. The average Bonchev–Trinajstić information content (AvgIpc) is 2.71. The lowest BCUT2D eigenvalue weighted by molar-refractivity contribution is -0.139. The maximum absolute atomic E-state index is 10.8. The Morgan fingerprint density at radius 1 is 1.79 bits per heavy atom. The molecule has 1 fully saturated rings. The minimum absolute atomic E-state index is 0.479. The summed E-state index contributed by atoms with van der Waals surface area (Å²) in [6.45, 7) is 2.00. The molecule has 1 aliphatic rings. The zero-order chi connectivity index (χ0) is 9.97. The van der Waals surface area contributed by atoms with Gasteiger partial charge in [0.1, 0.15) is 6.04 Å². The molecule has 0 radical (unpaired) electrons. The second-order valence-electron chi connectivity index (χ2n) is 3.11. The Morgan fingerprint density at radius 3 is 3.29 bits per heavy atom. The third kappa shape index (κ3) is 1.85. The maximum atomic E-state index is 10.8. The number of thiazole rings is 1. The van der Waals surface area contributed by atoms with Gasteiger partial charge in [0, 0.05) is 31.2 Å². The van der Waals surface area contributed by atoms with Crippen molar-refractivity contribution >= 4 is 22.4 Å². The van der Waals surface area contributed by atoms with E-state index in [0.717, 1.165) is 11.7 Å². The number of nitrogens with zero attached hydrogens (tertiary/aromatic N) is 2.